The Morgan fingerprint density at radius 1 is 1.05 bits per heavy atom. The van der Waals surface area contributed by atoms with Gasteiger partial charge in [-0.2, -0.15) is 0 Å². The largest absolute Gasteiger partial charge is 0.378 e. The fourth-order valence-corrected chi connectivity index (χ4v) is 3.91. The molecule has 1 saturated heterocycles. The Morgan fingerprint density at radius 2 is 1.85 bits per heavy atom. The Hall–Kier alpha value is -0.0800. The van der Waals surface area contributed by atoms with Gasteiger partial charge in [0.25, 0.3) is 0 Å². The van der Waals surface area contributed by atoms with Gasteiger partial charge in [0.15, 0.2) is 0 Å². The van der Waals surface area contributed by atoms with E-state index in [9.17, 15) is 0 Å². The highest BCUT2D eigenvalue weighted by Crippen LogP contribution is 2.28. The maximum absolute atomic E-state index is 5.79. The minimum atomic E-state index is 0.565. The van der Waals surface area contributed by atoms with Gasteiger partial charge in [-0.3, -0.25) is 0 Å². The van der Waals surface area contributed by atoms with Gasteiger partial charge in [0.05, 0.1) is 6.10 Å². The highest BCUT2D eigenvalue weighted by atomic mass is 16.5. The first-order chi connectivity index (χ1) is 9.88. The molecule has 0 amide bonds. The fourth-order valence-electron chi connectivity index (χ4n) is 3.91. The molecule has 2 heteroatoms. The summed E-state index contributed by atoms with van der Waals surface area (Å²) in [5, 5.41) is 3.81. The van der Waals surface area contributed by atoms with Crippen LogP contribution in [0.3, 0.4) is 0 Å². The monoisotopic (exact) mass is 281 g/mol. The predicted molar refractivity (Wildman–Crippen MR) is 86.1 cm³/mol. The molecule has 1 saturated carbocycles. The number of ether oxygens (including phenoxy) is 1. The van der Waals surface area contributed by atoms with Crippen molar-refractivity contribution in [1.29, 1.82) is 0 Å². The summed E-state index contributed by atoms with van der Waals surface area (Å²) in [5.41, 5.74) is 0. The molecule has 2 unspecified atom stereocenters. The first-order valence-corrected chi connectivity index (χ1v) is 9.23. The van der Waals surface area contributed by atoms with Crippen molar-refractivity contribution in [2.24, 2.45) is 5.92 Å². The van der Waals surface area contributed by atoms with Gasteiger partial charge in [-0.15, -0.1) is 0 Å². The minimum absolute atomic E-state index is 0.565. The summed E-state index contributed by atoms with van der Waals surface area (Å²) in [5.74, 6) is 0.983. The van der Waals surface area contributed by atoms with Crippen molar-refractivity contribution < 1.29 is 4.74 Å². The lowest BCUT2D eigenvalue weighted by atomic mass is 9.90. The normalized spacial score (nSPS) is 26.6. The van der Waals surface area contributed by atoms with Crippen LogP contribution < -0.4 is 5.32 Å². The second-order valence-electron chi connectivity index (χ2n) is 6.96. The van der Waals surface area contributed by atoms with Gasteiger partial charge in [-0.05, 0) is 51.0 Å². The van der Waals surface area contributed by atoms with Crippen LogP contribution in [-0.4, -0.2) is 25.3 Å². The van der Waals surface area contributed by atoms with Gasteiger partial charge in [0.1, 0.15) is 0 Å². The molecule has 1 aliphatic carbocycles. The summed E-state index contributed by atoms with van der Waals surface area (Å²) >= 11 is 0. The van der Waals surface area contributed by atoms with Crippen LogP contribution in [0.15, 0.2) is 0 Å². The van der Waals surface area contributed by atoms with Gasteiger partial charge in [0.2, 0.25) is 0 Å². The van der Waals surface area contributed by atoms with E-state index in [0.717, 1.165) is 18.6 Å². The number of nitrogens with one attached hydrogen (secondary N) is 1. The molecule has 2 rings (SSSR count). The Bertz CT molecular complexity index is 230. The highest BCUT2D eigenvalue weighted by Gasteiger charge is 2.21. The molecule has 0 spiro atoms. The fraction of sp³-hybridized carbons (Fsp3) is 1.00. The van der Waals surface area contributed by atoms with Gasteiger partial charge in [-0.25, -0.2) is 0 Å². The molecular formula is C18H35NO. The Kier molecular flexibility index (Phi) is 7.97. The molecule has 0 aromatic carbocycles. The molecule has 2 atom stereocenters. The predicted octanol–water partition coefficient (Wildman–Crippen LogP) is 4.67. The van der Waals surface area contributed by atoms with Crippen LogP contribution in [0, 0.1) is 5.92 Å². The van der Waals surface area contributed by atoms with E-state index >= 15 is 0 Å². The van der Waals surface area contributed by atoms with Crippen molar-refractivity contribution >= 4 is 0 Å². The molecule has 0 aromatic heterocycles. The lowest BCUT2D eigenvalue weighted by molar-refractivity contribution is 0.0984. The molecule has 2 fully saturated rings. The molecule has 2 aliphatic rings. The zero-order chi connectivity index (χ0) is 14.0. The van der Waals surface area contributed by atoms with Crippen LogP contribution in [0.2, 0.25) is 0 Å². The average Bonchev–Trinajstić information content (AvgIpc) is 2.85. The van der Waals surface area contributed by atoms with Crippen molar-refractivity contribution in [3.63, 3.8) is 0 Å². The third-order valence-corrected chi connectivity index (χ3v) is 5.14. The van der Waals surface area contributed by atoms with Crippen molar-refractivity contribution in [2.45, 2.75) is 96.1 Å². The van der Waals surface area contributed by atoms with Gasteiger partial charge < -0.3 is 10.1 Å². The van der Waals surface area contributed by atoms with Crippen molar-refractivity contribution in [3.05, 3.63) is 0 Å². The maximum atomic E-state index is 5.79. The molecule has 1 heterocycles. The summed E-state index contributed by atoms with van der Waals surface area (Å²) in [6, 6.07) is 0.738. The second-order valence-corrected chi connectivity index (χ2v) is 6.96. The molecule has 0 bridgehead atoms. The van der Waals surface area contributed by atoms with Gasteiger partial charge >= 0.3 is 0 Å². The van der Waals surface area contributed by atoms with E-state index in [4.69, 9.17) is 4.74 Å². The standard InChI is InChI=1S/C18H35NO/c1-2-13-19-17(11-12-18-10-7-14-20-18)15-16-8-5-3-4-6-9-16/h16-19H,2-15H2,1H3. The number of hydrogen-bond acceptors (Lipinski definition) is 2. The van der Waals surface area contributed by atoms with E-state index in [0.29, 0.717) is 6.10 Å². The summed E-state index contributed by atoms with van der Waals surface area (Å²) < 4.78 is 5.79. The van der Waals surface area contributed by atoms with Gasteiger partial charge in [0, 0.05) is 12.6 Å². The Morgan fingerprint density at radius 3 is 2.50 bits per heavy atom. The summed E-state index contributed by atoms with van der Waals surface area (Å²) in [4.78, 5) is 0. The van der Waals surface area contributed by atoms with Crippen molar-refractivity contribution in [2.75, 3.05) is 13.2 Å². The molecular weight excluding hydrogens is 246 g/mol. The summed E-state index contributed by atoms with van der Waals surface area (Å²) in [6.45, 7) is 4.46. The van der Waals surface area contributed by atoms with Crippen LogP contribution >= 0.6 is 0 Å². The zero-order valence-electron chi connectivity index (χ0n) is 13.5. The quantitative estimate of drug-likeness (QED) is 0.653. The van der Waals surface area contributed by atoms with Crippen LogP contribution in [0.5, 0.6) is 0 Å². The summed E-state index contributed by atoms with van der Waals surface area (Å²) in [6.07, 6.45) is 17.2. The number of hydrogen-bond donors (Lipinski definition) is 1. The third-order valence-electron chi connectivity index (χ3n) is 5.14. The zero-order valence-corrected chi connectivity index (χ0v) is 13.5. The lowest BCUT2D eigenvalue weighted by Gasteiger charge is -2.25. The topological polar surface area (TPSA) is 21.3 Å². The lowest BCUT2D eigenvalue weighted by Crippen LogP contribution is -2.32. The molecule has 0 radical (unpaired) electrons. The van der Waals surface area contributed by atoms with E-state index in [-0.39, 0.29) is 0 Å². The van der Waals surface area contributed by atoms with E-state index in [2.05, 4.69) is 12.2 Å². The van der Waals surface area contributed by atoms with E-state index in [1.54, 1.807) is 0 Å². The van der Waals surface area contributed by atoms with Gasteiger partial charge in [-0.1, -0.05) is 45.4 Å². The van der Waals surface area contributed by atoms with Crippen LogP contribution in [-0.2, 0) is 4.74 Å². The first kappa shape index (κ1) is 16.3. The molecule has 20 heavy (non-hydrogen) atoms. The van der Waals surface area contributed by atoms with Crippen molar-refractivity contribution in [3.8, 4) is 0 Å². The van der Waals surface area contributed by atoms with Crippen molar-refractivity contribution in [1.82, 2.24) is 5.32 Å². The maximum Gasteiger partial charge on any atom is 0.0576 e. The molecule has 1 aliphatic heterocycles. The van der Waals surface area contributed by atoms with Crippen LogP contribution in [0.25, 0.3) is 0 Å². The second kappa shape index (κ2) is 9.78. The molecule has 118 valence electrons. The minimum Gasteiger partial charge on any atom is -0.378 e. The van der Waals surface area contributed by atoms with E-state index in [1.807, 2.05) is 0 Å². The average molecular weight is 281 g/mol. The number of rotatable bonds is 8. The summed E-state index contributed by atoms with van der Waals surface area (Å²) in [7, 11) is 0. The SMILES string of the molecule is CCCNC(CCC1CCCO1)CC1CCCCCC1. The highest BCUT2D eigenvalue weighted by molar-refractivity contribution is 4.76. The Balaban J connectivity index is 1.72. The van der Waals surface area contributed by atoms with E-state index in [1.165, 1.54) is 83.6 Å². The third kappa shape index (κ3) is 6.13. The smallest absolute Gasteiger partial charge is 0.0576 e. The van der Waals surface area contributed by atoms with Crippen LogP contribution in [0.1, 0.15) is 84.0 Å². The first-order valence-electron chi connectivity index (χ1n) is 9.23. The molecule has 1 N–H and O–H groups in total. The molecule has 0 aromatic rings. The van der Waals surface area contributed by atoms with Crippen LogP contribution in [0.4, 0.5) is 0 Å². The molecule has 2 nitrogen and oxygen atoms in total. The Labute approximate surface area is 126 Å². The van der Waals surface area contributed by atoms with E-state index < -0.39 is 0 Å².